The zero-order chi connectivity index (χ0) is 16.7. The molecule has 1 aromatic carbocycles. The van der Waals surface area contributed by atoms with Crippen molar-refractivity contribution in [3.05, 3.63) is 28.8 Å². The van der Waals surface area contributed by atoms with Crippen molar-refractivity contribution in [2.45, 2.75) is 38.5 Å². The largest absolute Gasteiger partial charge is 0.479 e. The summed E-state index contributed by atoms with van der Waals surface area (Å²) in [5.74, 6) is -1.37. The van der Waals surface area contributed by atoms with Crippen LogP contribution < -0.4 is 4.74 Å². The van der Waals surface area contributed by atoms with Gasteiger partial charge in [0.15, 0.2) is 11.4 Å². The molecule has 0 fully saturated rings. The van der Waals surface area contributed by atoms with Gasteiger partial charge >= 0.3 is 12.1 Å². The molecule has 0 spiro atoms. The van der Waals surface area contributed by atoms with Crippen LogP contribution >= 0.6 is 0 Å². The first-order valence-electron chi connectivity index (χ1n) is 6.67. The van der Waals surface area contributed by atoms with Crippen LogP contribution in [0.2, 0.25) is 0 Å². The van der Waals surface area contributed by atoms with Crippen LogP contribution in [0, 0.1) is 0 Å². The number of fused-ring (bicyclic) bond motifs is 1. The van der Waals surface area contributed by atoms with E-state index >= 15 is 0 Å². The predicted molar refractivity (Wildman–Crippen MR) is 70.8 cm³/mol. The Labute approximate surface area is 125 Å². The molecule has 4 nitrogen and oxygen atoms in total. The van der Waals surface area contributed by atoms with Gasteiger partial charge in [0.25, 0.3) is 0 Å². The van der Waals surface area contributed by atoms with Gasteiger partial charge < -0.3 is 9.47 Å². The van der Waals surface area contributed by atoms with Crippen molar-refractivity contribution < 1.29 is 32.2 Å². The highest BCUT2D eigenvalue weighted by atomic mass is 19.4. The van der Waals surface area contributed by atoms with Crippen LogP contribution in [0.4, 0.5) is 13.2 Å². The molecular formula is C15H15F3O4. The van der Waals surface area contributed by atoms with Gasteiger partial charge in [0, 0.05) is 12.0 Å². The van der Waals surface area contributed by atoms with Gasteiger partial charge in [-0.3, -0.25) is 4.79 Å². The van der Waals surface area contributed by atoms with E-state index in [4.69, 9.17) is 4.74 Å². The number of hydrogen-bond acceptors (Lipinski definition) is 4. The van der Waals surface area contributed by atoms with E-state index in [1.54, 1.807) is 13.8 Å². The lowest BCUT2D eigenvalue weighted by Crippen LogP contribution is -2.45. The van der Waals surface area contributed by atoms with Gasteiger partial charge in [0.1, 0.15) is 5.75 Å². The number of methoxy groups -OCH3 is 1. The van der Waals surface area contributed by atoms with Crippen molar-refractivity contribution in [3.8, 4) is 5.75 Å². The van der Waals surface area contributed by atoms with Crippen LogP contribution in [0.25, 0.3) is 0 Å². The molecule has 22 heavy (non-hydrogen) atoms. The lowest BCUT2D eigenvalue weighted by Gasteiger charge is -2.34. The first-order chi connectivity index (χ1) is 10.1. The van der Waals surface area contributed by atoms with E-state index in [1.165, 1.54) is 0 Å². The Kier molecular flexibility index (Phi) is 3.93. The number of benzene rings is 1. The van der Waals surface area contributed by atoms with Gasteiger partial charge in [-0.25, -0.2) is 4.79 Å². The molecule has 7 heteroatoms. The minimum Gasteiger partial charge on any atom is -0.479 e. The number of rotatable bonds is 2. The summed E-state index contributed by atoms with van der Waals surface area (Å²) in [6.45, 7) is 3.26. The summed E-state index contributed by atoms with van der Waals surface area (Å²) in [5, 5.41) is 0. The number of halogens is 3. The molecule has 0 radical (unpaired) electrons. The third-order valence-corrected chi connectivity index (χ3v) is 3.86. The smallest absolute Gasteiger partial charge is 0.417 e. The first-order valence-corrected chi connectivity index (χ1v) is 6.67. The Morgan fingerprint density at radius 2 is 2.05 bits per heavy atom. The number of alkyl halides is 3. The van der Waals surface area contributed by atoms with Gasteiger partial charge in [-0.15, -0.1) is 0 Å². The second-order valence-electron chi connectivity index (χ2n) is 5.28. The molecule has 0 N–H and O–H groups in total. The van der Waals surface area contributed by atoms with Crippen LogP contribution in [0.3, 0.4) is 0 Å². The van der Waals surface area contributed by atoms with Gasteiger partial charge in [0.05, 0.1) is 18.2 Å². The van der Waals surface area contributed by atoms with Crippen LogP contribution in [-0.2, 0) is 22.1 Å². The second-order valence-corrected chi connectivity index (χ2v) is 5.28. The highest BCUT2D eigenvalue weighted by Crippen LogP contribution is 2.40. The SMILES string of the molecule is CCC1(C)Oc2cc(C(F)(F)F)c(C(=O)OC)cc2CC1=O. The summed E-state index contributed by atoms with van der Waals surface area (Å²) in [5.41, 5.74) is -2.65. The van der Waals surface area contributed by atoms with Crippen LogP contribution in [0.15, 0.2) is 12.1 Å². The monoisotopic (exact) mass is 316 g/mol. The molecule has 1 heterocycles. The lowest BCUT2D eigenvalue weighted by molar-refractivity contribution is -0.138. The lowest BCUT2D eigenvalue weighted by atomic mass is 9.87. The molecule has 0 saturated heterocycles. The average Bonchev–Trinajstić information content (AvgIpc) is 2.45. The predicted octanol–water partition coefficient (Wildman–Crippen LogP) is 3.16. The number of ketones is 1. The van der Waals surface area contributed by atoms with Crippen molar-refractivity contribution in [2.75, 3.05) is 7.11 Å². The highest BCUT2D eigenvalue weighted by molar-refractivity contribution is 5.95. The Morgan fingerprint density at radius 1 is 1.41 bits per heavy atom. The minimum atomic E-state index is -4.73. The molecule has 1 aromatic rings. The summed E-state index contributed by atoms with van der Waals surface area (Å²) in [6, 6.07) is 1.79. The van der Waals surface area contributed by atoms with Gasteiger partial charge in [-0.2, -0.15) is 13.2 Å². The fourth-order valence-electron chi connectivity index (χ4n) is 2.30. The summed E-state index contributed by atoms with van der Waals surface area (Å²) < 4.78 is 49.3. The number of carbonyl (C=O) groups excluding carboxylic acids is 2. The molecule has 0 saturated carbocycles. The number of ether oxygens (including phenoxy) is 2. The van der Waals surface area contributed by atoms with E-state index in [-0.39, 0.29) is 23.5 Å². The Balaban J connectivity index is 2.62. The summed E-state index contributed by atoms with van der Waals surface area (Å²) >= 11 is 0. The Bertz CT molecular complexity index is 636. The number of carbonyl (C=O) groups is 2. The van der Waals surface area contributed by atoms with Gasteiger partial charge in [0.2, 0.25) is 0 Å². The molecule has 1 unspecified atom stereocenters. The van der Waals surface area contributed by atoms with E-state index in [0.717, 1.165) is 19.2 Å². The fraction of sp³-hybridized carbons (Fsp3) is 0.467. The van der Waals surface area contributed by atoms with Crippen molar-refractivity contribution in [2.24, 2.45) is 0 Å². The molecular weight excluding hydrogens is 301 g/mol. The van der Waals surface area contributed by atoms with Crippen LogP contribution in [0.1, 0.15) is 41.8 Å². The zero-order valence-corrected chi connectivity index (χ0v) is 12.3. The maximum atomic E-state index is 13.1. The van der Waals surface area contributed by atoms with Crippen LogP contribution in [0.5, 0.6) is 5.75 Å². The number of Topliss-reactive ketones (excluding diaryl/α,β-unsaturated/α-hetero) is 1. The fourth-order valence-corrected chi connectivity index (χ4v) is 2.30. The van der Waals surface area contributed by atoms with Crippen molar-refractivity contribution in [1.29, 1.82) is 0 Å². The molecule has 1 aliphatic heterocycles. The van der Waals surface area contributed by atoms with E-state index in [1.807, 2.05) is 0 Å². The number of esters is 1. The van der Waals surface area contributed by atoms with Gasteiger partial charge in [-0.1, -0.05) is 6.92 Å². The van der Waals surface area contributed by atoms with Crippen LogP contribution in [-0.4, -0.2) is 24.5 Å². The summed E-state index contributed by atoms with van der Waals surface area (Å²) in [4.78, 5) is 23.7. The average molecular weight is 316 g/mol. The van der Waals surface area contributed by atoms with Crippen molar-refractivity contribution in [3.63, 3.8) is 0 Å². The normalized spacial score (nSPS) is 21.1. The topological polar surface area (TPSA) is 52.6 Å². The minimum absolute atomic E-state index is 0.0241. The molecule has 120 valence electrons. The maximum Gasteiger partial charge on any atom is 0.417 e. The third-order valence-electron chi connectivity index (χ3n) is 3.86. The molecule has 0 amide bonds. The van der Waals surface area contributed by atoms with E-state index < -0.39 is 28.9 Å². The highest BCUT2D eigenvalue weighted by Gasteiger charge is 2.42. The van der Waals surface area contributed by atoms with Crippen molar-refractivity contribution >= 4 is 11.8 Å². The van der Waals surface area contributed by atoms with E-state index in [9.17, 15) is 22.8 Å². The van der Waals surface area contributed by atoms with Gasteiger partial charge in [-0.05, 0) is 25.5 Å². The third kappa shape index (κ3) is 2.67. The second kappa shape index (κ2) is 5.30. The first kappa shape index (κ1) is 16.3. The molecule has 2 rings (SSSR count). The molecule has 0 bridgehead atoms. The standard InChI is InChI=1S/C15H15F3O4/c1-4-14(2)12(19)6-8-5-9(13(20)21-3)10(15(16,17)18)7-11(8)22-14/h5,7H,4,6H2,1-3H3. The molecule has 0 aliphatic carbocycles. The number of hydrogen-bond donors (Lipinski definition) is 0. The Morgan fingerprint density at radius 3 is 2.55 bits per heavy atom. The molecule has 1 atom stereocenters. The summed E-state index contributed by atoms with van der Waals surface area (Å²) in [6.07, 6.45) is -4.47. The molecule has 0 aromatic heterocycles. The van der Waals surface area contributed by atoms with Crippen molar-refractivity contribution in [1.82, 2.24) is 0 Å². The Hall–Kier alpha value is -2.05. The summed E-state index contributed by atoms with van der Waals surface area (Å²) in [7, 11) is 0.998. The molecule has 1 aliphatic rings. The quantitative estimate of drug-likeness (QED) is 0.787. The van der Waals surface area contributed by atoms with E-state index in [0.29, 0.717) is 6.42 Å². The zero-order valence-electron chi connectivity index (χ0n) is 12.3. The maximum absolute atomic E-state index is 13.1. The van der Waals surface area contributed by atoms with E-state index in [2.05, 4.69) is 4.74 Å².